The normalized spacial score (nSPS) is 11.8. The number of rotatable bonds is 7. The lowest BCUT2D eigenvalue weighted by molar-refractivity contribution is 0.0932. The van der Waals surface area contributed by atoms with Gasteiger partial charge in [0.15, 0.2) is 11.5 Å². The fourth-order valence-electron chi connectivity index (χ4n) is 3.50. The van der Waals surface area contributed by atoms with Crippen LogP contribution in [0.25, 0.3) is 11.0 Å². The van der Waals surface area contributed by atoms with Gasteiger partial charge in [-0.15, -0.1) is 0 Å². The number of benzene rings is 3. The van der Waals surface area contributed by atoms with E-state index in [4.69, 9.17) is 9.47 Å². The van der Waals surface area contributed by atoms with Crippen LogP contribution in [0.5, 0.6) is 11.5 Å². The van der Waals surface area contributed by atoms with Crippen molar-refractivity contribution in [1.82, 2.24) is 14.9 Å². The molecule has 1 amide bonds. The average Bonchev–Trinajstić information content (AvgIpc) is 3.21. The lowest BCUT2D eigenvalue weighted by Crippen LogP contribution is -2.31. The van der Waals surface area contributed by atoms with Crippen molar-refractivity contribution in [3.05, 3.63) is 90.0 Å². The Morgan fingerprint density at radius 3 is 2.52 bits per heavy atom. The van der Waals surface area contributed by atoms with E-state index in [1.807, 2.05) is 28.8 Å². The molecule has 31 heavy (non-hydrogen) atoms. The number of nitrogens with zero attached hydrogens (tertiary/aromatic N) is 2. The minimum Gasteiger partial charge on any atom is -0.493 e. The highest BCUT2D eigenvalue weighted by Gasteiger charge is 2.19. The molecule has 1 heterocycles. The first kappa shape index (κ1) is 20.4. The van der Waals surface area contributed by atoms with Crippen molar-refractivity contribution < 1.29 is 18.7 Å². The molecule has 0 fully saturated rings. The van der Waals surface area contributed by atoms with E-state index < -0.39 is 6.04 Å². The Hall–Kier alpha value is -3.87. The van der Waals surface area contributed by atoms with E-state index in [1.54, 1.807) is 36.7 Å². The molecular weight excluding hydrogens is 397 g/mol. The summed E-state index contributed by atoms with van der Waals surface area (Å²) in [5.41, 5.74) is 3.04. The third kappa shape index (κ3) is 4.35. The van der Waals surface area contributed by atoms with Crippen LogP contribution in [-0.4, -0.2) is 29.7 Å². The predicted octanol–water partition coefficient (Wildman–Crippen LogP) is 4.36. The number of hydrogen-bond donors (Lipinski definition) is 1. The Morgan fingerprint density at radius 2 is 1.77 bits per heavy atom. The van der Waals surface area contributed by atoms with E-state index in [0.29, 0.717) is 23.6 Å². The van der Waals surface area contributed by atoms with Gasteiger partial charge < -0.3 is 19.4 Å². The summed E-state index contributed by atoms with van der Waals surface area (Å²) in [4.78, 5) is 17.5. The van der Waals surface area contributed by atoms with Gasteiger partial charge in [-0.05, 0) is 48.0 Å². The third-order valence-corrected chi connectivity index (χ3v) is 5.13. The van der Waals surface area contributed by atoms with Gasteiger partial charge in [0.25, 0.3) is 5.91 Å². The second kappa shape index (κ2) is 8.87. The van der Waals surface area contributed by atoms with E-state index in [2.05, 4.69) is 10.3 Å². The van der Waals surface area contributed by atoms with Crippen molar-refractivity contribution >= 4 is 16.9 Å². The number of halogens is 1. The van der Waals surface area contributed by atoms with E-state index in [0.717, 1.165) is 16.6 Å². The summed E-state index contributed by atoms with van der Waals surface area (Å²) in [6, 6.07) is 18.5. The van der Waals surface area contributed by atoms with E-state index >= 15 is 0 Å². The minimum absolute atomic E-state index is 0.278. The summed E-state index contributed by atoms with van der Waals surface area (Å²) in [5, 5.41) is 3.05. The van der Waals surface area contributed by atoms with Crippen molar-refractivity contribution in [2.24, 2.45) is 0 Å². The number of amides is 1. The number of nitrogens with one attached hydrogen (secondary N) is 1. The Balaban J connectivity index is 1.64. The maximum Gasteiger partial charge on any atom is 0.251 e. The average molecular weight is 419 g/mol. The van der Waals surface area contributed by atoms with E-state index in [1.165, 1.54) is 26.4 Å². The second-order valence-electron chi connectivity index (χ2n) is 7.03. The summed E-state index contributed by atoms with van der Waals surface area (Å²) in [5.74, 6) is 0.398. The highest BCUT2D eigenvalue weighted by molar-refractivity contribution is 5.95. The Bertz CT molecular complexity index is 1200. The Labute approximate surface area is 179 Å². The first-order chi connectivity index (χ1) is 15.1. The molecule has 0 spiro atoms. The highest BCUT2D eigenvalue weighted by Crippen LogP contribution is 2.28. The highest BCUT2D eigenvalue weighted by atomic mass is 19.1. The maximum absolute atomic E-state index is 13.5. The lowest BCUT2D eigenvalue weighted by atomic mass is 10.1. The lowest BCUT2D eigenvalue weighted by Gasteiger charge is -2.21. The summed E-state index contributed by atoms with van der Waals surface area (Å²) in [6.45, 7) is 0.436. The number of imidazole rings is 1. The molecule has 1 aromatic heterocycles. The SMILES string of the molecule is COc1ccc(C(=O)NC(Cn2cnc3ccccc32)c2ccc(F)cc2)cc1OC. The number of hydrogen-bond acceptors (Lipinski definition) is 4. The molecule has 4 aromatic rings. The summed E-state index contributed by atoms with van der Waals surface area (Å²) >= 11 is 0. The van der Waals surface area contributed by atoms with Crippen molar-refractivity contribution in [3.8, 4) is 11.5 Å². The van der Waals surface area contributed by atoms with Crippen LogP contribution in [0.15, 0.2) is 73.1 Å². The first-order valence-electron chi connectivity index (χ1n) is 9.77. The van der Waals surface area contributed by atoms with Gasteiger partial charge in [-0.3, -0.25) is 4.79 Å². The molecule has 0 radical (unpaired) electrons. The summed E-state index contributed by atoms with van der Waals surface area (Å²) in [7, 11) is 3.06. The van der Waals surface area contributed by atoms with Gasteiger partial charge in [-0.2, -0.15) is 0 Å². The topological polar surface area (TPSA) is 65.4 Å². The molecular formula is C24H22FN3O3. The van der Waals surface area contributed by atoms with Crippen LogP contribution in [0.1, 0.15) is 22.0 Å². The zero-order valence-corrected chi connectivity index (χ0v) is 17.2. The van der Waals surface area contributed by atoms with Crippen molar-refractivity contribution in [3.63, 3.8) is 0 Å². The monoisotopic (exact) mass is 419 g/mol. The zero-order valence-electron chi connectivity index (χ0n) is 17.2. The molecule has 0 aliphatic carbocycles. The molecule has 0 bridgehead atoms. The molecule has 0 saturated heterocycles. The fraction of sp³-hybridized carbons (Fsp3) is 0.167. The zero-order chi connectivity index (χ0) is 21.8. The van der Waals surface area contributed by atoms with Crippen molar-refractivity contribution in [2.45, 2.75) is 12.6 Å². The van der Waals surface area contributed by atoms with Crippen LogP contribution in [0.4, 0.5) is 4.39 Å². The Kier molecular flexibility index (Phi) is 5.84. The molecule has 7 heteroatoms. The molecule has 1 N–H and O–H groups in total. The van der Waals surface area contributed by atoms with Crippen LogP contribution in [-0.2, 0) is 6.54 Å². The standard InChI is InChI=1S/C24H22FN3O3/c1-30-22-12-9-17(13-23(22)31-2)24(29)27-20(16-7-10-18(25)11-8-16)14-28-15-26-19-5-3-4-6-21(19)28/h3-13,15,20H,14H2,1-2H3,(H,27,29). The number of aromatic nitrogens is 2. The predicted molar refractivity (Wildman–Crippen MR) is 116 cm³/mol. The summed E-state index contributed by atoms with van der Waals surface area (Å²) in [6.07, 6.45) is 1.74. The number of fused-ring (bicyclic) bond motifs is 1. The van der Waals surface area contributed by atoms with E-state index in [9.17, 15) is 9.18 Å². The molecule has 158 valence electrons. The Morgan fingerprint density at radius 1 is 1.03 bits per heavy atom. The largest absolute Gasteiger partial charge is 0.493 e. The minimum atomic E-state index is -0.404. The molecule has 0 aliphatic rings. The number of carbonyl (C=O) groups is 1. The van der Waals surface area contributed by atoms with E-state index in [-0.39, 0.29) is 11.7 Å². The fourth-order valence-corrected chi connectivity index (χ4v) is 3.50. The van der Waals surface area contributed by atoms with Gasteiger partial charge >= 0.3 is 0 Å². The van der Waals surface area contributed by atoms with Gasteiger partial charge in [0.1, 0.15) is 5.82 Å². The molecule has 1 atom stereocenters. The quantitative estimate of drug-likeness (QED) is 0.483. The van der Waals surface area contributed by atoms with Crippen LogP contribution in [0.2, 0.25) is 0 Å². The van der Waals surface area contributed by atoms with Crippen molar-refractivity contribution in [2.75, 3.05) is 14.2 Å². The smallest absolute Gasteiger partial charge is 0.251 e. The molecule has 1 unspecified atom stereocenters. The number of ether oxygens (including phenoxy) is 2. The molecule has 0 saturated carbocycles. The van der Waals surface area contributed by atoms with Crippen molar-refractivity contribution in [1.29, 1.82) is 0 Å². The number of methoxy groups -OCH3 is 2. The third-order valence-electron chi connectivity index (χ3n) is 5.13. The first-order valence-corrected chi connectivity index (χ1v) is 9.77. The van der Waals surface area contributed by atoms with Gasteiger partial charge in [-0.1, -0.05) is 24.3 Å². The van der Waals surface area contributed by atoms with Gasteiger partial charge in [0.2, 0.25) is 0 Å². The second-order valence-corrected chi connectivity index (χ2v) is 7.03. The molecule has 0 aliphatic heterocycles. The number of carbonyl (C=O) groups excluding carboxylic acids is 1. The van der Waals surface area contributed by atoms with Crippen LogP contribution in [0.3, 0.4) is 0 Å². The van der Waals surface area contributed by atoms with Gasteiger partial charge in [0.05, 0.1) is 37.6 Å². The van der Waals surface area contributed by atoms with Crippen LogP contribution >= 0.6 is 0 Å². The summed E-state index contributed by atoms with van der Waals surface area (Å²) < 4.78 is 26.0. The molecule has 3 aromatic carbocycles. The van der Waals surface area contributed by atoms with Crippen LogP contribution < -0.4 is 14.8 Å². The molecule has 6 nitrogen and oxygen atoms in total. The van der Waals surface area contributed by atoms with Gasteiger partial charge in [-0.25, -0.2) is 9.37 Å². The number of para-hydroxylation sites is 2. The maximum atomic E-state index is 13.5. The van der Waals surface area contributed by atoms with Gasteiger partial charge in [0, 0.05) is 12.1 Å². The molecule has 4 rings (SSSR count). The van der Waals surface area contributed by atoms with Crippen LogP contribution in [0, 0.1) is 5.82 Å².